The molecule has 1 aromatic rings. The molecule has 2 unspecified atom stereocenters. The summed E-state index contributed by atoms with van der Waals surface area (Å²) in [5, 5.41) is 0. The van der Waals surface area contributed by atoms with Gasteiger partial charge >= 0.3 is 0 Å². The third-order valence-electron chi connectivity index (χ3n) is 4.30. The second-order valence-electron chi connectivity index (χ2n) is 5.98. The highest BCUT2D eigenvalue weighted by atomic mass is 15.3. The average molecular weight is 246 g/mol. The zero-order valence-corrected chi connectivity index (χ0v) is 11.2. The topological polar surface area (TPSA) is 55.0 Å². The van der Waals surface area contributed by atoms with Gasteiger partial charge in [0, 0.05) is 29.9 Å². The van der Waals surface area contributed by atoms with Crippen LogP contribution in [-0.2, 0) is 0 Å². The van der Waals surface area contributed by atoms with Gasteiger partial charge in [0.2, 0.25) is 0 Å². The van der Waals surface area contributed by atoms with Crippen molar-refractivity contribution in [3.05, 3.63) is 18.1 Å². The van der Waals surface area contributed by atoms with E-state index in [9.17, 15) is 0 Å². The third-order valence-corrected chi connectivity index (χ3v) is 4.30. The molecule has 3 heterocycles. The summed E-state index contributed by atoms with van der Waals surface area (Å²) in [6.07, 6.45) is 6.45. The highest BCUT2D eigenvalue weighted by molar-refractivity contribution is 5.44. The second-order valence-corrected chi connectivity index (χ2v) is 5.98. The number of fused-ring (bicyclic) bond motifs is 2. The van der Waals surface area contributed by atoms with Crippen LogP contribution in [0, 0.1) is 0 Å². The summed E-state index contributed by atoms with van der Waals surface area (Å²) < 4.78 is 0. The predicted molar refractivity (Wildman–Crippen MR) is 72.6 cm³/mol. The molecule has 2 bridgehead atoms. The second kappa shape index (κ2) is 4.50. The summed E-state index contributed by atoms with van der Waals surface area (Å²) in [6.45, 7) is 4.35. The van der Waals surface area contributed by atoms with Gasteiger partial charge in [-0.2, -0.15) is 0 Å². The van der Waals surface area contributed by atoms with E-state index in [1.165, 1.54) is 12.8 Å². The van der Waals surface area contributed by atoms with E-state index in [1.807, 2.05) is 0 Å². The molecule has 98 valence electrons. The minimum Gasteiger partial charge on any atom is -0.350 e. The fraction of sp³-hybridized carbons (Fsp3) is 0.714. The van der Waals surface area contributed by atoms with E-state index >= 15 is 0 Å². The Bertz CT molecular complexity index is 418. The molecule has 2 aliphatic rings. The number of piperidine rings is 1. The van der Waals surface area contributed by atoms with Crippen molar-refractivity contribution in [2.45, 2.75) is 63.6 Å². The predicted octanol–water partition coefficient (Wildman–Crippen LogP) is 2.06. The van der Waals surface area contributed by atoms with Gasteiger partial charge in [0.25, 0.3) is 0 Å². The molecule has 2 atom stereocenters. The molecule has 0 aromatic carbocycles. The quantitative estimate of drug-likeness (QED) is 0.868. The summed E-state index contributed by atoms with van der Waals surface area (Å²) in [5.74, 6) is 1.56. The molecule has 0 aliphatic carbocycles. The molecule has 3 rings (SSSR count). The molecule has 2 fully saturated rings. The maximum atomic E-state index is 6.11. The van der Waals surface area contributed by atoms with Crippen molar-refractivity contribution in [2.24, 2.45) is 5.73 Å². The lowest BCUT2D eigenvalue weighted by Crippen LogP contribution is -2.47. The molecule has 0 radical (unpaired) electrons. The van der Waals surface area contributed by atoms with Crippen LogP contribution in [0.5, 0.6) is 0 Å². The minimum atomic E-state index is 0.380. The molecule has 2 N–H and O–H groups in total. The molecule has 4 nitrogen and oxygen atoms in total. The van der Waals surface area contributed by atoms with Crippen LogP contribution in [0.15, 0.2) is 12.4 Å². The molecular weight excluding hydrogens is 224 g/mol. The maximum absolute atomic E-state index is 6.11. The Morgan fingerprint density at radius 1 is 1.22 bits per heavy atom. The maximum Gasteiger partial charge on any atom is 0.132 e. The standard InChI is InChI=1S/C14H22N4/c1-9(2)13-7-14(17-8-16-13)18-11-3-4-12(18)6-10(15)5-11/h7-12H,3-6,15H2,1-2H3. The summed E-state index contributed by atoms with van der Waals surface area (Å²) in [7, 11) is 0. The van der Waals surface area contributed by atoms with Crippen LogP contribution >= 0.6 is 0 Å². The zero-order valence-electron chi connectivity index (χ0n) is 11.2. The molecule has 0 saturated carbocycles. The van der Waals surface area contributed by atoms with E-state index in [1.54, 1.807) is 6.33 Å². The van der Waals surface area contributed by atoms with Crippen LogP contribution in [0.3, 0.4) is 0 Å². The lowest BCUT2D eigenvalue weighted by atomic mass is 9.98. The molecule has 18 heavy (non-hydrogen) atoms. The highest BCUT2D eigenvalue weighted by Crippen LogP contribution is 2.38. The lowest BCUT2D eigenvalue weighted by molar-refractivity contribution is 0.411. The molecule has 1 aromatic heterocycles. The first-order chi connectivity index (χ1) is 8.65. The molecule has 4 heteroatoms. The first-order valence-corrected chi connectivity index (χ1v) is 7.01. The van der Waals surface area contributed by atoms with Crippen molar-refractivity contribution in [3.8, 4) is 0 Å². The van der Waals surface area contributed by atoms with Crippen LogP contribution < -0.4 is 10.6 Å². The van der Waals surface area contributed by atoms with Gasteiger partial charge in [0.05, 0.1) is 0 Å². The van der Waals surface area contributed by atoms with Crippen molar-refractivity contribution in [3.63, 3.8) is 0 Å². The van der Waals surface area contributed by atoms with Gasteiger partial charge in [0.1, 0.15) is 12.1 Å². The van der Waals surface area contributed by atoms with Gasteiger partial charge in [0.15, 0.2) is 0 Å². The van der Waals surface area contributed by atoms with Crippen molar-refractivity contribution in [1.82, 2.24) is 9.97 Å². The van der Waals surface area contributed by atoms with E-state index in [0.29, 0.717) is 24.0 Å². The van der Waals surface area contributed by atoms with Gasteiger partial charge in [-0.25, -0.2) is 9.97 Å². The summed E-state index contributed by atoms with van der Waals surface area (Å²) in [6, 6.07) is 3.72. The Hall–Kier alpha value is -1.16. The van der Waals surface area contributed by atoms with E-state index in [4.69, 9.17) is 5.73 Å². The number of rotatable bonds is 2. The zero-order chi connectivity index (χ0) is 12.7. The Kier molecular flexibility index (Phi) is 2.98. The molecular formula is C14H22N4. The van der Waals surface area contributed by atoms with Crippen LogP contribution in [0.2, 0.25) is 0 Å². The highest BCUT2D eigenvalue weighted by Gasteiger charge is 2.40. The van der Waals surface area contributed by atoms with Crippen LogP contribution in [0.25, 0.3) is 0 Å². The van der Waals surface area contributed by atoms with Crippen molar-refractivity contribution in [2.75, 3.05) is 4.90 Å². The molecule has 2 saturated heterocycles. The van der Waals surface area contributed by atoms with Crippen molar-refractivity contribution in [1.29, 1.82) is 0 Å². The van der Waals surface area contributed by atoms with Crippen LogP contribution in [0.1, 0.15) is 51.1 Å². The van der Waals surface area contributed by atoms with Gasteiger partial charge in [-0.1, -0.05) is 13.8 Å². The summed E-state index contributed by atoms with van der Waals surface area (Å²) in [4.78, 5) is 11.3. The van der Waals surface area contributed by atoms with Gasteiger partial charge in [-0.05, 0) is 31.6 Å². The number of hydrogen-bond donors (Lipinski definition) is 1. The first-order valence-electron chi connectivity index (χ1n) is 7.01. The summed E-state index contributed by atoms with van der Waals surface area (Å²) >= 11 is 0. The van der Waals surface area contributed by atoms with Gasteiger partial charge < -0.3 is 10.6 Å². The fourth-order valence-electron chi connectivity index (χ4n) is 3.41. The number of anilines is 1. The van der Waals surface area contributed by atoms with Crippen LogP contribution in [-0.4, -0.2) is 28.1 Å². The summed E-state index contributed by atoms with van der Waals surface area (Å²) in [5.41, 5.74) is 7.25. The number of hydrogen-bond acceptors (Lipinski definition) is 4. The fourth-order valence-corrected chi connectivity index (χ4v) is 3.41. The normalized spacial score (nSPS) is 31.1. The molecule has 0 amide bonds. The average Bonchev–Trinajstić information content (AvgIpc) is 2.62. The first kappa shape index (κ1) is 11.9. The largest absolute Gasteiger partial charge is 0.350 e. The van der Waals surface area contributed by atoms with Crippen molar-refractivity contribution < 1.29 is 0 Å². The van der Waals surface area contributed by atoms with Crippen LogP contribution in [0.4, 0.5) is 5.82 Å². The van der Waals surface area contributed by atoms with Crippen molar-refractivity contribution >= 4 is 5.82 Å². The SMILES string of the molecule is CC(C)c1cc(N2C3CCC2CC(N)C3)ncn1. The van der Waals surface area contributed by atoms with E-state index in [2.05, 4.69) is 34.8 Å². The molecule has 2 aliphatic heterocycles. The van der Waals surface area contributed by atoms with E-state index < -0.39 is 0 Å². The monoisotopic (exact) mass is 246 g/mol. The lowest BCUT2D eigenvalue weighted by Gasteiger charge is -2.38. The van der Waals surface area contributed by atoms with E-state index in [0.717, 1.165) is 24.4 Å². The Morgan fingerprint density at radius 2 is 1.89 bits per heavy atom. The Labute approximate surface area is 109 Å². The molecule has 0 spiro atoms. The Morgan fingerprint density at radius 3 is 2.50 bits per heavy atom. The number of nitrogens with two attached hydrogens (primary N) is 1. The smallest absolute Gasteiger partial charge is 0.132 e. The minimum absolute atomic E-state index is 0.380. The third kappa shape index (κ3) is 1.99. The van der Waals surface area contributed by atoms with E-state index in [-0.39, 0.29) is 0 Å². The number of nitrogens with zero attached hydrogens (tertiary/aromatic N) is 3. The number of aromatic nitrogens is 2. The van der Waals surface area contributed by atoms with Gasteiger partial charge in [-0.15, -0.1) is 0 Å². The Balaban J connectivity index is 1.89. The van der Waals surface area contributed by atoms with Gasteiger partial charge in [-0.3, -0.25) is 0 Å².